The van der Waals surface area contributed by atoms with Crippen molar-refractivity contribution >= 4 is 16.9 Å². The third-order valence-corrected chi connectivity index (χ3v) is 3.47. The summed E-state index contributed by atoms with van der Waals surface area (Å²) in [7, 11) is 0. The average molecular weight is 231 g/mol. The topological polar surface area (TPSA) is 73.3 Å². The van der Waals surface area contributed by atoms with Crippen molar-refractivity contribution in [1.29, 1.82) is 0 Å². The molecule has 4 nitrogen and oxygen atoms in total. The van der Waals surface area contributed by atoms with Crippen LogP contribution in [0, 0.1) is 5.92 Å². The predicted molar refractivity (Wildman–Crippen MR) is 62.7 cm³/mol. The molecule has 3 N–H and O–H groups in total. The molecule has 4 heteroatoms. The number of rotatable bonds is 1. The maximum Gasteiger partial charge on any atom is 0.306 e. The molecule has 0 aliphatic heterocycles. The minimum Gasteiger partial charge on any atom is -0.481 e. The van der Waals surface area contributed by atoms with Crippen molar-refractivity contribution in [1.82, 2.24) is 4.98 Å². The summed E-state index contributed by atoms with van der Waals surface area (Å²) in [6.45, 7) is 0. The van der Waals surface area contributed by atoms with E-state index in [-0.39, 0.29) is 0 Å². The van der Waals surface area contributed by atoms with Crippen molar-refractivity contribution in [3.63, 3.8) is 0 Å². The van der Waals surface area contributed by atoms with Gasteiger partial charge in [-0.2, -0.15) is 0 Å². The molecule has 0 spiro atoms. The summed E-state index contributed by atoms with van der Waals surface area (Å²) in [5, 5.41) is 20.1. The van der Waals surface area contributed by atoms with E-state index in [1.807, 2.05) is 24.3 Å². The number of para-hydroxylation sites is 1. The number of fused-ring (bicyclic) bond motifs is 3. The van der Waals surface area contributed by atoms with Gasteiger partial charge in [0, 0.05) is 28.6 Å². The van der Waals surface area contributed by atoms with Crippen LogP contribution in [0.3, 0.4) is 0 Å². The molecule has 0 saturated heterocycles. The van der Waals surface area contributed by atoms with Crippen LogP contribution in [0.2, 0.25) is 0 Å². The Morgan fingerprint density at radius 1 is 1.35 bits per heavy atom. The zero-order valence-corrected chi connectivity index (χ0v) is 9.18. The normalized spacial score (nSPS) is 23.6. The highest BCUT2D eigenvalue weighted by molar-refractivity contribution is 5.86. The molecule has 2 atom stereocenters. The molecule has 1 aromatic heterocycles. The van der Waals surface area contributed by atoms with E-state index in [2.05, 4.69) is 4.98 Å². The van der Waals surface area contributed by atoms with Gasteiger partial charge in [-0.15, -0.1) is 0 Å². The number of benzene rings is 1. The number of carboxylic acids is 1. The number of carboxylic acid groups (broad SMARTS) is 1. The Balaban J connectivity index is 2.15. The van der Waals surface area contributed by atoms with E-state index in [0.29, 0.717) is 12.8 Å². The van der Waals surface area contributed by atoms with Gasteiger partial charge in [0.1, 0.15) is 0 Å². The molecule has 1 aliphatic carbocycles. The lowest BCUT2D eigenvalue weighted by Crippen LogP contribution is -2.24. The summed E-state index contributed by atoms with van der Waals surface area (Å²) in [5.74, 6) is -1.33. The monoisotopic (exact) mass is 231 g/mol. The predicted octanol–water partition coefficient (Wildman–Crippen LogP) is 1.85. The van der Waals surface area contributed by atoms with Gasteiger partial charge >= 0.3 is 5.97 Å². The van der Waals surface area contributed by atoms with Crippen LogP contribution in [0.15, 0.2) is 24.3 Å². The first kappa shape index (κ1) is 10.4. The minimum absolute atomic E-state index is 0.296. The maximum atomic E-state index is 11.0. The molecule has 3 rings (SSSR count). The quantitative estimate of drug-likeness (QED) is 0.701. The van der Waals surface area contributed by atoms with E-state index >= 15 is 0 Å². The molecule has 0 bridgehead atoms. The number of hydrogen-bond donors (Lipinski definition) is 3. The van der Waals surface area contributed by atoms with Crippen molar-refractivity contribution in [2.45, 2.75) is 18.9 Å². The second-order valence-electron chi connectivity index (χ2n) is 4.55. The van der Waals surface area contributed by atoms with Crippen LogP contribution in [0.1, 0.15) is 23.8 Å². The number of aliphatic hydroxyl groups is 1. The van der Waals surface area contributed by atoms with Gasteiger partial charge in [-0.25, -0.2) is 0 Å². The van der Waals surface area contributed by atoms with Gasteiger partial charge in [0.2, 0.25) is 0 Å². The first-order valence-corrected chi connectivity index (χ1v) is 5.67. The minimum atomic E-state index is -0.839. The molecule has 2 unspecified atom stereocenters. The zero-order chi connectivity index (χ0) is 12.0. The Labute approximate surface area is 97.9 Å². The molecule has 0 amide bonds. The molecule has 1 heterocycles. The fourth-order valence-electron chi connectivity index (χ4n) is 2.67. The number of aliphatic hydroxyl groups excluding tert-OH is 1. The van der Waals surface area contributed by atoms with E-state index in [1.165, 1.54) is 0 Å². The largest absolute Gasteiger partial charge is 0.481 e. The highest BCUT2D eigenvalue weighted by Crippen LogP contribution is 2.37. The molecule has 1 aliphatic rings. The van der Waals surface area contributed by atoms with Gasteiger partial charge in [-0.05, 0) is 12.5 Å². The summed E-state index contributed by atoms with van der Waals surface area (Å²) in [5.41, 5.74) is 2.69. The number of H-pyrrole nitrogens is 1. The molecular weight excluding hydrogens is 218 g/mol. The molecule has 0 radical (unpaired) electrons. The van der Waals surface area contributed by atoms with Gasteiger partial charge < -0.3 is 15.2 Å². The zero-order valence-electron chi connectivity index (χ0n) is 9.18. The Hall–Kier alpha value is -1.81. The third kappa shape index (κ3) is 1.52. The first-order chi connectivity index (χ1) is 8.16. The van der Waals surface area contributed by atoms with Gasteiger partial charge in [-0.3, -0.25) is 4.79 Å². The lowest BCUT2D eigenvalue weighted by atomic mass is 9.85. The summed E-state index contributed by atoms with van der Waals surface area (Å²) in [6, 6.07) is 7.74. The second kappa shape index (κ2) is 3.60. The fourth-order valence-corrected chi connectivity index (χ4v) is 2.67. The Bertz CT molecular complexity index is 587. The van der Waals surface area contributed by atoms with Crippen LogP contribution in [0.25, 0.3) is 10.9 Å². The van der Waals surface area contributed by atoms with Gasteiger partial charge in [-0.1, -0.05) is 18.2 Å². The summed E-state index contributed by atoms with van der Waals surface area (Å²) >= 11 is 0. The van der Waals surface area contributed by atoms with Crippen LogP contribution in [0.5, 0.6) is 0 Å². The van der Waals surface area contributed by atoms with E-state index in [1.54, 1.807) is 0 Å². The van der Waals surface area contributed by atoms with Gasteiger partial charge in [0.15, 0.2) is 0 Å². The lowest BCUT2D eigenvalue weighted by molar-refractivity contribution is -0.143. The number of aromatic amines is 1. The SMILES string of the molecule is O=C(O)C1Cc2[nH]c3ccccc3c2C(O)C1. The van der Waals surface area contributed by atoms with E-state index in [9.17, 15) is 9.90 Å². The van der Waals surface area contributed by atoms with Crippen molar-refractivity contribution in [3.05, 3.63) is 35.5 Å². The molecule has 0 saturated carbocycles. The van der Waals surface area contributed by atoms with Crippen molar-refractivity contribution in [2.24, 2.45) is 5.92 Å². The van der Waals surface area contributed by atoms with E-state index in [4.69, 9.17) is 5.11 Å². The molecule has 2 aromatic rings. The lowest BCUT2D eigenvalue weighted by Gasteiger charge is -2.23. The third-order valence-electron chi connectivity index (χ3n) is 3.47. The molecule has 0 fully saturated rings. The van der Waals surface area contributed by atoms with Crippen LogP contribution in [0.4, 0.5) is 0 Å². The summed E-state index contributed by atoms with van der Waals surface area (Å²) in [4.78, 5) is 14.2. The van der Waals surface area contributed by atoms with Crippen molar-refractivity contribution in [2.75, 3.05) is 0 Å². The highest BCUT2D eigenvalue weighted by Gasteiger charge is 2.32. The van der Waals surface area contributed by atoms with E-state index < -0.39 is 18.0 Å². The highest BCUT2D eigenvalue weighted by atomic mass is 16.4. The van der Waals surface area contributed by atoms with Gasteiger partial charge in [0.05, 0.1) is 12.0 Å². The number of carbonyl (C=O) groups is 1. The number of aliphatic carboxylic acids is 1. The number of hydrogen-bond acceptors (Lipinski definition) is 2. The Kier molecular flexibility index (Phi) is 2.19. The maximum absolute atomic E-state index is 11.0. The Morgan fingerprint density at radius 2 is 2.12 bits per heavy atom. The molecule has 1 aromatic carbocycles. The first-order valence-electron chi connectivity index (χ1n) is 5.67. The van der Waals surface area contributed by atoms with Gasteiger partial charge in [0.25, 0.3) is 0 Å². The Morgan fingerprint density at radius 3 is 2.88 bits per heavy atom. The van der Waals surface area contributed by atoms with Crippen molar-refractivity contribution < 1.29 is 15.0 Å². The molecular formula is C13H13NO3. The average Bonchev–Trinajstić information content (AvgIpc) is 2.67. The summed E-state index contributed by atoms with van der Waals surface area (Å²) < 4.78 is 0. The van der Waals surface area contributed by atoms with Crippen LogP contribution < -0.4 is 0 Å². The van der Waals surface area contributed by atoms with Crippen molar-refractivity contribution in [3.8, 4) is 0 Å². The fraction of sp³-hybridized carbons (Fsp3) is 0.308. The standard InChI is InChI=1S/C13H13NO3/c15-11-6-7(13(16)17)5-10-12(11)8-3-1-2-4-9(8)14-10/h1-4,7,11,14-15H,5-6H2,(H,16,17). The molecule has 88 valence electrons. The second-order valence-corrected chi connectivity index (χ2v) is 4.55. The smallest absolute Gasteiger partial charge is 0.306 e. The summed E-state index contributed by atoms with van der Waals surface area (Å²) in [6.07, 6.45) is 0.0802. The van der Waals surface area contributed by atoms with E-state index in [0.717, 1.165) is 22.2 Å². The number of nitrogens with one attached hydrogen (secondary N) is 1. The van der Waals surface area contributed by atoms with Crippen LogP contribution >= 0.6 is 0 Å². The van der Waals surface area contributed by atoms with Crippen LogP contribution in [-0.2, 0) is 11.2 Å². The number of aromatic nitrogens is 1. The van der Waals surface area contributed by atoms with Crippen LogP contribution in [-0.4, -0.2) is 21.2 Å². The molecule has 17 heavy (non-hydrogen) atoms.